The molecule has 1 atom stereocenters. The average Bonchev–Trinajstić information content (AvgIpc) is 2.32. The van der Waals surface area contributed by atoms with E-state index in [0.29, 0.717) is 12.5 Å². The Labute approximate surface area is 71.8 Å². The lowest BCUT2D eigenvalue weighted by molar-refractivity contribution is 0.203. The van der Waals surface area contributed by atoms with Gasteiger partial charge in [-0.25, -0.2) is 0 Å². The molecule has 5 nitrogen and oxygen atoms in total. The number of nitrogens with zero attached hydrogens (tertiary/aromatic N) is 4. The summed E-state index contributed by atoms with van der Waals surface area (Å²) in [4.78, 5) is 8.34. The van der Waals surface area contributed by atoms with Crippen LogP contribution in [0.3, 0.4) is 0 Å². The summed E-state index contributed by atoms with van der Waals surface area (Å²) in [6, 6.07) is 2.06. The van der Waals surface area contributed by atoms with Gasteiger partial charge in [0.25, 0.3) is 0 Å². The monoisotopic (exact) mass is 168 g/mol. The predicted octanol–water partition coefficient (Wildman–Crippen LogP) is -0.327. The predicted molar refractivity (Wildman–Crippen MR) is 44.2 cm³/mol. The van der Waals surface area contributed by atoms with E-state index < -0.39 is 0 Å². The summed E-state index contributed by atoms with van der Waals surface area (Å²) >= 11 is 0. The highest BCUT2D eigenvalue weighted by Crippen LogP contribution is 2.10. The number of hydrogen-bond acceptors (Lipinski definition) is 3. The maximum Gasteiger partial charge on any atom is 0.239 e. The van der Waals surface area contributed by atoms with Gasteiger partial charge in [0.1, 0.15) is 13.2 Å². The zero-order valence-electron chi connectivity index (χ0n) is 7.48. The van der Waals surface area contributed by atoms with Gasteiger partial charge in [-0.15, -0.1) is 0 Å². The van der Waals surface area contributed by atoms with Crippen molar-refractivity contribution in [2.45, 2.75) is 6.04 Å². The SMILES string of the molecule is CO/N=C1\N(C)CC(C#N)N1C. The van der Waals surface area contributed by atoms with Crippen LogP contribution < -0.4 is 0 Å². The molecule has 1 unspecified atom stereocenters. The molecule has 0 aliphatic carbocycles. The van der Waals surface area contributed by atoms with Crippen LogP contribution in [-0.2, 0) is 4.84 Å². The fourth-order valence-electron chi connectivity index (χ4n) is 1.22. The minimum Gasteiger partial charge on any atom is -0.396 e. The summed E-state index contributed by atoms with van der Waals surface area (Å²) in [6.07, 6.45) is 0. The van der Waals surface area contributed by atoms with E-state index in [4.69, 9.17) is 5.26 Å². The smallest absolute Gasteiger partial charge is 0.239 e. The lowest BCUT2D eigenvalue weighted by Crippen LogP contribution is -2.31. The van der Waals surface area contributed by atoms with Crippen molar-refractivity contribution >= 4 is 5.96 Å². The van der Waals surface area contributed by atoms with Gasteiger partial charge in [-0.3, -0.25) is 0 Å². The van der Waals surface area contributed by atoms with E-state index in [1.54, 1.807) is 4.90 Å². The van der Waals surface area contributed by atoms with Crippen LogP contribution in [0, 0.1) is 11.3 Å². The van der Waals surface area contributed by atoms with Crippen LogP contribution in [0.5, 0.6) is 0 Å². The van der Waals surface area contributed by atoms with E-state index in [9.17, 15) is 0 Å². The van der Waals surface area contributed by atoms with Gasteiger partial charge in [-0.05, 0) is 5.16 Å². The molecule has 0 spiro atoms. The quantitative estimate of drug-likeness (QED) is 0.503. The molecule has 1 heterocycles. The second kappa shape index (κ2) is 3.30. The summed E-state index contributed by atoms with van der Waals surface area (Å²) in [6.45, 7) is 0.676. The molecule has 1 aliphatic heterocycles. The van der Waals surface area contributed by atoms with E-state index in [1.165, 1.54) is 7.11 Å². The second-order valence-electron chi connectivity index (χ2n) is 2.71. The molecule has 0 aromatic carbocycles. The van der Waals surface area contributed by atoms with Crippen molar-refractivity contribution in [3.63, 3.8) is 0 Å². The first-order valence-corrected chi connectivity index (χ1v) is 3.65. The molecule has 12 heavy (non-hydrogen) atoms. The minimum absolute atomic E-state index is 0.121. The normalized spacial score (nSPS) is 26.2. The molecule has 0 amide bonds. The van der Waals surface area contributed by atoms with Gasteiger partial charge in [0.15, 0.2) is 0 Å². The molecule has 1 rings (SSSR count). The molecule has 66 valence electrons. The van der Waals surface area contributed by atoms with Gasteiger partial charge in [0.05, 0.1) is 12.6 Å². The summed E-state index contributed by atoms with van der Waals surface area (Å²) in [5, 5.41) is 12.5. The zero-order chi connectivity index (χ0) is 9.14. The van der Waals surface area contributed by atoms with Crippen molar-refractivity contribution in [3.05, 3.63) is 0 Å². The maximum atomic E-state index is 8.73. The number of likely N-dealkylation sites (N-methyl/N-ethyl adjacent to an activating group) is 2. The summed E-state index contributed by atoms with van der Waals surface area (Å²) in [5.41, 5.74) is 0. The van der Waals surface area contributed by atoms with E-state index in [1.807, 2.05) is 19.0 Å². The van der Waals surface area contributed by atoms with Crippen LogP contribution in [0.25, 0.3) is 0 Å². The van der Waals surface area contributed by atoms with Crippen molar-refractivity contribution in [1.29, 1.82) is 5.26 Å². The lowest BCUT2D eigenvalue weighted by Gasteiger charge is -2.14. The molecule has 0 aromatic heterocycles. The third kappa shape index (κ3) is 1.28. The molecule has 0 saturated carbocycles. The molecule has 1 saturated heterocycles. The van der Waals surface area contributed by atoms with Crippen molar-refractivity contribution in [1.82, 2.24) is 9.80 Å². The maximum absolute atomic E-state index is 8.73. The molecule has 0 radical (unpaired) electrons. The van der Waals surface area contributed by atoms with E-state index in [0.717, 1.165) is 0 Å². The third-order valence-electron chi connectivity index (χ3n) is 1.89. The lowest BCUT2D eigenvalue weighted by atomic mass is 10.3. The molecule has 0 N–H and O–H groups in total. The Kier molecular flexibility index (Phi) is 2.38. The number of guanidine groups is 1. The topological polar surface area (TPSA) is 51.9 Å². The Balaban J connectivity index is 2.78. The summed E-state index contributed by atoms with van der Waals surface area (Å²) < 4.78 is 0. The molecule has 0 aromatic rings. The Morgan fingerprint density at radius 1 is 1.67 bits per heavy atom. The Morgan fingerprint density at radius 3 is 2.75 bits per heavy atom. The Bertz CT molecular complexity index is 232. The Morgan fingerprint density at radius 2 is 2.33 bits per heavy atom. The highest BCUT2D eigenvalue weighted by molar-refractivity contribution is 5.82. The van der Waals surface area contributed by atoms with Crippen molar-refractivity contribution in [2.75, 3.05) is 27.7 Å². The average molecular weight is 168 g/mol. The number of hydrogen-bond donors (Lipinski definition) is 0. The number of oxime groups is 1. The Hall–Kier alpha value is -1.44. The van der Waals surface area contributed by atoms with Gasteiger partial charge in [0, 0.05) is 14.1 Å². The molecule has 1 fully saturated rings. The molecule has 0 bridgehead atoms. The molecular formula is C7H12N4O. The van der Waals surface area contributed by atoms with Crippen LogP contribution >= 0.6 is 0 Å². The standard InChI is InChI=1S/C7H12N4O/c1-10-5-6(4-8)11(2)7(10)9-12-3/h6H,5H2,1-3H3/b9-7+. The fourth-order valence-corrected chi connectivity index (χ4v) is 1.22. The van der Waals surface area contributed by atoms with E-state index >= 15 is 0 Å². The van der Waals surface area contributed by atoms with Crippen LogP contribution in [0.15, 0.2) is 5.16 Å². The number of rotatable bonds is 1. The van der Waals surface area contributed by atoms with Gasteiger partial charge in [-0.2, -0.15) is 5.26 Å². The fraction of sp³-hybridized carbons (Fsp3) is 0.714. The van der Waals surface area contributed by atoms with Gasteiger partial charge < -0.3 is 14.6 Å². The highest BCUT2D eigenvalue weighted by atomic mass is 16.6. The summed E-state index contributed by atoms with van der Waals surface area (Å²) in [7, 11) is 5.20. The van der Waals surface area contributed by atoms with E-state index in [2.05, 4.69) is 16.1 Å². The first kappa shape index (κ1) is 8.65. The van der Waals surface area contributed by atoms with E-state index in [-0.39, 0.29) is 6.04 Å². The van der Waals surface area contributed by atoms with Crippen LogP contribution in [0.1, 0.15) is 0 Å². The number of nitriles is 1. The van der Waals surface area contributed by atoms with Crippen LogP contribution in [0.2, 0.25) is 0 Å². The van der Waals surface area contributed by atoms with Gasteiger partial charge >= 0.3 is 0 Å². The van der Waals surface area contributed by atoms with Crippen LogP contribution in [0.4, 0.5) is 0 Å². The molecule has 5 heteroatoms. The minimum atomic E-state index is -0.121. The van der Waals surface area contributed by atoms with Crippen molar-refractivity contribution in [2.24, 2.45) is 5.16 Å². The second-order valence-corrected chi connectivity index (χ2v) is 2.71. The first-order chi connectivity index (χ1) is 5.70. The largest absolute Gasteiger partial charge is 0.396 e. The first-order valence-electron chi connectivity index (χ1n) is 3.65. The molecular weight excluding hydrogens is 156 g/mol. The zero-order valence-corrected chi connectivity index (χ0v) is 7.48. The highest BCUT2D eigenvalue weighted by Gasteiger charge is 2.30. The van der Waals surface area contributed by atoms with Crippen molar-refractivity contribution in [3.8, 4) is 6.07 Å². The van der Waals surface area contributed by atoms with Crippen molar-refractivity contribution < 1.29 is 4.84 Å². The van der Waals surface area contributed by atoms with Gasteiger partial charge in [0.2, 0.25) is 5.96 Å². The van der Waals surface area contributed by atoms with Gasteiger partial charge in [-0.1, -0.05) is 0 Å². The van der Waals surface area contributed by atoms with Crippen LogP contribution in [-0.4, -0.2) is 49.6 Å². The summed E-state index contributed by atoms with van der Waals surface area (Å²) in [5.74, 6) is 0.698. The molecule has 1 aliphatic rings. The third-order valence-corrected chi connectivity index (χ3v) is 1.89.